The van der Waals surface area contributed by atoms with E-state index in [1.807, 2.05) is 0 Å². The van der Waals surface area contributed by atoms with Gasteiger partial charge in [0.2, 0.25) is 0 Å². The van der Waals surface area contributed by atoms with Gasteiger partial charge in [-0.3, -0.25) is 0 Å². The van der Waals surface area contributed by atoms with Crippen molar-refractivity contribution in [3.05, 3.63) is 107 Å². The summed E-state index contributed by atoms with van der Waals surface area (Å²) in [6.45, 7) is 5.50. The standard InChI is InChI=1S/C25H29N/c1-3-20(2)24(22-14-8-5-9-15-22)18-23-16-10-11-17-25(23)26-19-21-12-6-4-7-13-21/h4-15,17-18,20,24,26H,3,16,19H2,1-2H3. The van der Waals surface area contributed by atoms with Crippen LogP contribution in [0.5, 0.6) is 0 Å². The molecule has 0 saturated heterocycles. The first-order valence-electron chi connectivity index (χ1n) is 9.68. The molecule has 0 aliphatic heterocycles. The van der Waals surface area contributed by atoms with E-state index in [0.29, 0.717) is 11.8 Å². The highest BCUT2D eigenvalue weighted by molar-refractivity contribution is 5.41. The van der Waals surface area contributed by atoms with Crippen LogP contribution >= 0.6 is 0 Å². The molecule has 0 spiro atoms. The molecule has 0 amide bonds. The Hall–Kier alpha value is -2.54. The predicted molar refractivity (Wildman–Crippen MR) is 112 cm³/mol. The van der Waals surface area contributed by atoms with Gasteiger partial charge >= 0.3 is 0 Å². The fraction of sp³-hybridized carbons (Fsp3) is 0.280. The molecule has 2 aromatic rings. The van der Waals surface area contributed by atoms with Crippen molar-refractivity contribution in [1.82, 2.24) is 5.32 Å². The number of hydrogen-bond donors (Lipinski definition) is 1. The number of hydrogen-bond acceptors (Lipinski definition) is 1. The van der Waals surface area contributed by atoms with E-state index in [9.17, 15) is 0 Å². The molecule has 2 aromatic carbocycles. The molecule has 1 aliphatic carbocycles. The minimum absolute atomic E-state index is 0.449. The molecule has 0 fully saturated rings. The van der Waals surface area contributed by atoms with Gasteiger partial charge in [-0.1, -0.05) is 99.2 Å². The maximum Gasteiger partial charge on any atom is 0.0400 e. The molecule has 2 atom stereocenters. The lowest BCUT2D eigenvalue weighted by Crippen LogP contribution is -2.17. The van der Waals surface area contributed by atoms with Gasteiger partial charge < -0.3 is 5.32 Å². The third-order valence-corrected chi connectivity index (χ3v) is 5.23. The number of nitrogens with one attached hydrogen (secondary N) is 1. The van der Waals surface area contributed by atoms with Crippen molar-refractivity contribution < 1.29 is 0 Å². The van der Waals surface area contributed by atoms with Crippen LogP contribution in [0, 0.1) is 5.92 Å². The molecule has 1 heteroatoms. The molecule has 1 nitrogen and oxygen atoms in total. The highest BCUT2D eigenvalue weighted by Crippen LogP contribution is 2.32. The van der Waals surface area contributed by atoms with E-state index in [1.165, 1.54) is 28.8 Å². The summed E-state index contributed by atoms with van der Waals surface area (Å²) < 4.78 is 0. The van der Waals surface area contributed by atoms with E-state index < -0.39 is 0 Å². The van der Waals surface area contributed by atoms with Crippen LogP contribution in [-0.4, -0.2) is 0 Å². The summed E-state index contributed by atoms with van der Waals surface area (Å²) in [5.41, 5.74) is 5.37. The third-order valence-electron chi connectivity index (χ3n) is 5.23. The van der Waals surface area contributed by atoms with Gasteiger partial charge in [0.15, 0.2) is 0 Å². The van der Waals surface area contributed by atoms with Gasteiger partial charge in [-0.15, -0.1) is 0 Å². The van der Waals surface area contributed by atoms with Crippen LogP contribution in [-0.2, 0) is 6.54 Å². The Balaban J connectivity index is 1.81. The quantitative estimate of drug-likeness (QED) is 0.615. The van der Waals surface area contributed by atoms with Crippen LogP contribution in [0.4, 0.5) is 0 Å². The molecule has 0 heterocycles. The zero-order valence-corrected chi connectivity index (χ0v) is 15.9. The lowest BCUT2D eigenvalue weighted by Gasteiger charge is -2.24. The number of benzene rings is 2. The van der Waals surface area contributed by atoms with Crippen molar-refractivity contribution in [3.8, 4) is 0 Å². The van der Waals surface area contributed by atoms with E-state index in [1.54, 1.807) is 0 Å². The van der Waals surface area contributed by atoms with E-state index in [2.05, 4.69) is 104 Å². The molecule has 3 rings (SSSR count). The van der Waals surface area contributed by atoms with Crippen molar-refractivity contribution in [2.24, 2.45) is 5.92 Å². The van der Waals surface area contributed by atoms with Crippen molar-refractivity contribution in [2.45, 2.75) is 39.2 Å². The van der Waals surface area contributed by atoms with Gasteiger partial charge in [0.05, 0.1) is 0 Å². The summed E-state index contributed by atoms with van der Waals surface area (Å²) in [7, 11) is 0. The Kier molecular flexibility index (Phi) is 6.49. The number of allylic oxidation sites excluding steroid dienone is 5. The Bertz CT molecular complexity index is 768. The van der Waals surface area contributed by atoms with Crippen molar-refractivity contribution >= 4 is 0 Å². The van der Waals surface area contributed by atoms with E-state index >= 15 is 0 Å². The Morgan fingerprint density at radius 1 is 1.00 bits per heavy atom. The molecule has 0 saturated carbocycles. The Labute approximate surface area is 158 Å². The zero-order chi connectivity index (χ0) is 18.2. The topological polar surface area (TPSA) is 12.0 Å². The minimum Gasteiger partial charge on any atom is -0.381 e. The maximum atomic E-state index is 3.64. The van der Waals surface area contributed by atoms with Crippen LogP contribution in [0.1, 0.15) is 43.7 Å². The predicted octanol–water partition coefficient (Wildman–Crippen LogP) is 6.38. The van der Waals surface area contributed by atoms with E-state index in [-0.39, 0.29) is 0 Å². The molecule has 0 bridgehead atoms. The zero-order valence-electron chi connectivity index (χ0n) is 15.9. The van der Waals surface area contributed by atoms with Crippen molar-refractivity contribution in [2.75, 3.05) is 0 Å². The summed E-state index contributed by atoms with van der Waals surface area (Å²) in [6.07, 6.45) is 11.3. The first-order valence-corrected chi connectivity index (χ1v) is 9.68. The third kappa shape index (κ3) is 4.76. The lowest BCUT2D eigenvalue weighted by molar-refractivity contribution is 0.505. The molecule has 26 heavy (non-hydrogen) atoms. The largest absolute Gasteiger partial charge is 0.381 e. The molecule has 1 aliphatic rings. The summed E-state index contributed by atoms with van der Waals surface area (Å²) >= 11 is 0. The van der Waals surface area contributed by atoms with Crippen molar-refractivity contribution in [3.63, 3.8) is 0 Å². The normalized spacial score (nSPS) is 17.6. The SMILES string of the molecule is CCC(C)C(C=C1CC=CC=C1NCc1ccccc1)c1ccccc1. The van der Waals surface area contributed by atoms with Gasteiger partial charge in [0.25, 0.3) is 0 Å². The highest BCUT2D eigenvalue weighted by atomic mass is 14.9. The fourth-order valence-corrected chi connectivity index (χ4v) is 3.43. The summed E-state index contributed by atoms with van der Waals surface area (Å²) in [5, 5.41) is 3.64. The summed E-state index contributed by atoms with van der Waals surface area (Å²) in [6, 6.07) is 21.5. The second-order valence-electron chi connectivity index (χ2n) is 7.07. The highest BCUT2D eigenvalue weighted by Gasteiger charge is 2.18. The second-order valence-corrected chi connectivity index (χ2v) is 7.07. The Morgan fingerprint density at radius 2 is 1.69 bits per heavy atom. The van der Waals surface area contributed by atoms with Crippen LogP contribution in [0.3, 0.4) is 0 Å². The number of rotatable bonds is 7. The van der Waals surface area contributed by atoms with Crippen LogP contribution in [0.15, 0.2) is 96.2 Å². The van der Waals surface area contributed by atoms with Crippen molar-refractivity contribution in [1.29, 1.82) is 0 Å². The molecule has 0 aromatic heterocycles. The van der Waals surface area contributed by atoms with Gasteiger partial charge in [-0.25, -0.2) is 0 Å². The molecule has 2 unspecified atom stereocenters. The smallest absolute Gasteiger partial charge is 0.0400 e. The molecular weight excluding hydrogens is 314 g/mol. The monoisotopic (exact) mass is 343 g/mol. The molecule has 0 radical (unpaired) electrons. The average Bonchev–Trinajstić information content (AvgIpc) is 2.72. The second kappa shape index (κ2) is 9.24. The molecule has 134 valence electrons. The maximum absolute atomic E-state index is 3.64. The van der Waals surface area contributed by atoms with E-state index in [0.717, 1.165) is 13.0 Å². The van der Waals surface area contributed by atoms with Gasteiger partial charge in [-0.05, 0) is 35.1 Å². The van der Waals surface area contributed by atoms with Gasteiger partial charge in [0, 0.05) is 18.2 Å². The van der Waals surface area contributed by atoms with Gasteiger partial charge in [-0.2, -0.15) is 0 Å². The van der Waals surface area contributed by atoms with Crippen LogP contribution in [0.2, 0.25) is 0 Å². The fourth-order valence-electron chi connectivity index (χ4n) is 3.43. The summed E-state index contributed by atoms with van der Waals surface area (Å²) in [5.74, 6) is 1.07. The first-order chi connectivity index (χ1) is 12.8. The minimum atomic E-state index is 0.449. The van der Waals surface area contributed by atoms with E-state index in [4.69, 9.17) is 0 Å². The molecule has 1 N–H and O–H groups in total. The van der Waals surface area contributed by atoms with Crippen LogP contribution < -0.4 is 5.32 Å². The van der Waals surface area contributed by atoms with Crippen LogP contribution in [0.25, 0.3) is 0 Å². The Morgan fingerprint density at radius 3 is 2.38 bits per heavy atom. The lowest BCUT2D eigenvalue weighted by atomic mass is 9.83. The molecular formula is C25H29N. The summed E-state index contributed by atoms with van der Waals surface area (Å²) in [4.78, 5) is 0. The first kappa shape index (κ1) is 18.3. The average molecular weight is 344 g/mol. The van der Waals surface area contributed by atoms with Gasteiger partial charge in [0.1, 0.15) is 0 Å².